The Kier molecular flexibility index (Phi) is 77.2. The van der Waals surface area contributed by atoms with Crippen molar-refractivity contribution in [1.82, 2.24) is 0 Å². The van der Waals surface area contributed by atoms with Crippen LogP contribution in [0, 0.1) is 0 Å². The fraction of sp³-hybridized carbons (Fsp3) is 0. The van der Waals surface area contributed by atoms with Gasteiger partial charge in [-0.05, 0) is 0 Å². The Morgan fingerprint density at radius 2 is 1.25 bits per heavy atom. The Hall–Kier alpha value is 2.22. The van der Waals surface area contributed by atoms with Crippen molar-refractivity contribution in [3.8, 4) is 0 Å². The molecule has 0 aromatic rings. The van der Waals surface area contributed by atoms with E-state index in [9.17, 15) is 0 Å². The van der Waals surface area contributed by atoms with Gasteiger partial charge in [-0.15, -0.1) is 0 Å². The summed E-state index contributed by atoms with van der Waals surface area (Å²) in [5.74, 6) is 0. The molecule has 0 spiro atoms. The van der Waals surface area contributed by atoms with E-state index in [4.69, 9.17) is 3.57 Å². The number of rotatable bonds is 0. The summed E-state index contributed by atoms with van der Waals surface area (Å²) in [6, 6.07) is 0. The van der Waals surface area contributed by atoms with Gasteiger partial charge in [-0.2, -0.15) is 0 Å². The summed E-state index contributed by atoms with van der Waals surface area (Å²) >= 11 is 0.125. The third kappa shape index (κ3) is 8.88. The van der Waals surface area contributed by atoms with Crippen LogP contribution in [0.3, 0.4) is 0 Å². The fourth-order valence-electron chi connectivity index (χ4n) is 0. The molecule has 0 aliphatic heterocycles. The topological polar surface area (TPSA) is 17.1 Å². The minimum absolute atomic E-state index is 0. The molecule has 1 nitrogen and oxygen atoms in total. The Morgan fingerprint density at radius 1 is 1.25 bits per heavy atom. The van der Waals surface area contributed by atoms with E-state index in [1.165, 1.54) is 0 Å². The van der Waals surface area contributed by atoms with Gasteiger partial charge in [0.1, 0.15) is 0 Å². The van der Waals surface area contributed by atoms with Gasteiger partial charge >= 0.3 is 47.7 Å². The first-order valence-corrected chi connectivity index (χ1v) is 1.50. The van der Waals surface area contributed by atoms with Crippen LogP contribution in [0.2, 0.25) is 0 Å². The summed E-state index contributed by atoms with van der Waals surface area (Å²) in [6.07, 6.45) is 0. The first kappa shape index (κ1) is 16.4. The Balaban J connectivity index is -0.00000000500. The van der Waals surface area contributed by atoms with Crippen molar-refractivity contribution < 1.29 is 49.1 Å². The van der Waals surface area contributed by atoms with Crippen LogP contribution < -0.4 is 0 Å². The van der Waals surface area contributed by atoms with Gasteiger partial charge in [0.15, 0.2) is 0 Å². The molecule has 0 rings (SSSR count). The molecule has 4 heavy (non-hydrogen) atoms. The molecule has 0 atom stereocenters. The number of hydrogen-bond donors (Lipinski definition) is 0. The fourth-order valence-corrected chi connectivity index (χ4v) is 0. The third-order valence-electron chi connectivity index (χ3n) is 0. The second kappa shape index (κ2) is 18.9. The molecule has 0 unspecified atom stereocenters. The standard InChI is InChI=1S/Cd.In.O.Zn.3H. The molecular weight excluding hydrogens is 309 g/mol. The molecule has 0 fully saturated rings. The normalized spacial score (nSPS) is 1.50. The predicted molar refractivity (Wildman–Crippen MR) is 10.6 cm³/mol. The number of hydrogen-bond acceptors (Lipinski definition) is 1. The zero-order valence-electron chi connectivity index (χ0n) is 1.82. The molecule has 0 aliphatic carbocycles. The summed E-state index contributed by atoms with van der Waals surface area (Å²) in [6.45, 7) is 0. The molecule has 0 aromatic heterocycles. The SMILES string of the molecule is [Cd].[InH3].[O]=[Zn]. The van der Waals surface area contributed by atoms with Crippen LogP contribution >= 0.6 is 0 Å². The molecule has 16 valence electrons. The van der Waals surface area contributed by atoms with Crippen molar-refractivity contribution in [2.75, 3.05) is 0 Å². The van der Waals surface area contributed by atoms with E-state index in [1.807, 2.05) is 0 Å². The van der Waals surface area contributed by atoms with E-state index in [2.05, 4.69) is 0 Å². The van der Waals surface area contributed by atoms with Gasteiger partial charge in [-0.1, -0.05) is 0 Å². The molecule has 0 radical (unpaired) electrons. The molecule has 4 heteroatoms. The van der Waals surface area contributed by atoms with Crippen molar-refractivity contribution in [3.63, 3.8) is 0 Å². The van der Waals surface area contributed by atoms with Crippen molar-refractivity contribution in [1.29, 1.82) is 0 Å². The van der Waals surface area contributed by atoms with Gasteiger partial charge in [0, 0.05) is 27.3 Å². The monoisotopic (exact) mass is 312 g/mol. The summed E-state index contributed by atoms with van der Waals surface area (Å²) in [5.41, 5.74) is 0. The molecule has 0 aromatic carbocycles. The van der Waals surface area contributed by atoms with E-state index in [0.29, 0.717) is 0 Å². The van der Waals surface area contributed by atoms with Gasteiger partial charge in [-0.3, -0.25) is 0 Å². The second-order valence-electron chi connectivity index (χ2n) is 0. The zero-order valence-corrected chi connectivity index (χ0v) is 8.83. The van der Waals surface area contributed by atoms with Crippen LogP contribution in [0.15, 0.2) is 0 Å². The van der Waals surface area contributed by atoms with Crippen molar-refractivity contribution in [2.45, 2.75) is 0 Å². The van der Waals surface area contributed by atoms with Crippen LogP contribution in [0.25, 0.3) is 0 Å². The van der Waals surface area contributed by atoms with Gasteiger partial charge in [0.25, 0.3) is 0 Å². The van der Waals surface area contributed by atoms with Crippen molar-refractivity contribution >= 4 is 25.8 Å². The van der Waals surface area contributed by atoms with Gasteiger partial charge in [-0.25, -0.2) is 0 Å². The van der Waals surface area contributed by atoms with Crippen LogP contribution in [0.4, 0.5) is 0 Å². The molecule has 0 N–H and O–H groups in total. The van der Waals surface area contributed by atoms with Gasteiger partial charge < -0.3 is 0 Å². The summed E-state index contributed by atoms with van der Waals surface area (Å²) < 4.78 is 8.38. The minimum atomic E-state index is 0. The van der Waals surface area contributed by atoms with Crippen LogP contribution in [0.1, 0.15) is 0 Å². The average Bonchev–Trinajstić information content (AvgIpc) is 1.00. The summed E-state index contributed by atoms with van der Waals surface area (Å²) in [7, 11) is 0. The van der Waals surface area contributed by atoms with Gasteiger partial charge in [0.2, 0.25) is 0 Å². The molecule has 0 aliphatic rings. The molecule has 0 saturated carbocycles. The van der Waals surface area contributed by atoms with E-state index in [1.54, 1.807) is 0 Å². The Labute approximate surface area is 73.8 Å². The molecular formula is H3CdInOZn. The maximum atomic E-state index is 8.38. The van der Waals surface area contributed by atoms with E-state index in [-0.39, 0.29) is 71.4 Å². The zero-order chi connectivity index (χ0) is 2.00. The third-order valence-corrected chi connectivity index (χ3v) is 0. The molecule has 0 bridgehead atoms. The van der Waals surface area contributed by atoms with E-state index >= 15 is 0 Å². The van der Waals surface area contributed by atoms with E-state index in [0.717, 1.165) is 0 Å². The summed E-state index contributed by atoms with van der Waals surface area (Å²) in [5, 5.41) is 0. The van der Waals surface area contributed by atoms with Crippen LogP contribution in [-0.2, 0) is 49.1 Å². The van der Waals surface area contributed by atoms with Crippen molar-refractivity contribution in [2.24, 2.45) is 0 Å². The van der Waals surface area contributed by atoms with Crippen LogP contribution in [0.5, 0.6) is 0 Å². The summed E-state index contributed by atoms with van der Waals surface area (Å²) in [4.78, 5) is 0. The molecule has 0 amide bonds. The van der Waals surface area contributed by atoms with Crippen molar-refractivity contribution in [3.05, 3.63) is 0 Å². The molecule has 0 saturated heterocycles. The van der Waals surface area contributed by atoms with Gasteiger partial charge in [0.05, 0.1) is 0 Å². The first-order valence-electron chi connectivity index (χ1n) is 0.289. The maximum absolute atomic E-state index is 8.38. The molecule has 0 heterocycles. The Bertz CT molecular complexity index is 8.00. The first-order chi connectivity index (χ1) is 1.00. The predicted octanol–water partition coefficient (Wildman–Crippen LogP) is -1.31. The van der Waals surface area contributed by atoms with Crippen LogP contribution in [-0.4, -0.2) is 25.8 Å². The average molecular weight is 312 g/mol. The quantitative estimate of drug-likeness (QED) is 0.508. The Morgan fingerprint density at radius 3 is 1.25 bits per heavy atom. The van der Waals surface area contributed by atoms with E-state index < -0.39 is 0 Å². The second-order valence-corrected chi connectivity index (χ2v) is 0.